The lowest BCUT2D eigenvalue weighted by molar-refractivity contribution is -0.129. The number of nitrogens with zero attached hydrogens (tertiary/aromatic N) is 1. The van der Waals surface area contributed by atoms with Crippen molar-refractivity contribution >= 4 is 49.8 Å². The number of hydrogen-bond acceptors (Lipinski definition) is 4. The van der Waals surface area contributed by atoms with Gasteiger partial charge in [-0.1, -0.05) is 12.1 Å². The summed E-state index contributed by atoms with van der Waals surface area (Å²) in [5.41, 5.74) is 0.956. The molecule has 0 amide bonds. The molecule has 0 aliphatic carbocycles. The molecule has 3 rings (SSSR count). The molecule has 134 valence electrons. The van der Waals surface area contributed by atoms with Gasteiger partial charge in [-0.2, -0.15) is 0 Å². The predicted molar refractivity (Wildman–Crippen MR) is 105 cm³/mol. The van der Waals surface area contributed by atoms with E-state index >= 15 is 0 Å². The molecular weight excluding hydrogens is 469 g/mol. The van der Waals surface area contributed by atoms with E-state index in [9.17, 15) is 9.18 Å². The third-order valence-corrected chi connectivity index (χ3v) is 4.58. The van der Waals surface area contributed by atoms with Gasteiger partial charge in [0.2, 0.25) is 5.90 Å². The molecular formula is C19H14Br2FNO3. The summed E-state index contributed by atoms with van der Waals surface area (Å²) in [5.74, 6) is -0.497. The van der Waals surface area contributed by atoms with Crippen LogP contribution < -0.4 is 4.74 Å². The average Bonchev–Trinajstić information content (AvgIpc) is 2.92. The first kappa shape index (κ1) is 18.8. The molecule has 0 N–H and O–H groups in total. The summed E-state index contributed by atoms with van der Waals surface area (Å²) in [7, 11) is 0. The second-order valence-electron chi connectivity index (χ2n) is 5.80. The van der Waals surface area contributed by atoms with Crippen molar-refractivity contribution in [2.75, 3.05) is 0 Å². The number of carbonyl (C=O) groups excluding carboxylic acids is 1. The number of ether oxygens (including phenoxy) is 2. The van der Waals surface area contributed by atoms with Crippen LogP contribution in [0.25, 0.3) is 6.08 Å². The van der Waals surface area contributed by atoms with Crippen LogP contribution in [0.5, 0.6) is 5.75 Å². The molecule has 0 atom stereocenters. The molecule has 1 aliphatic heterocycles. The minimum Gasteiger partial charge on any atom is -0.489 e. The SMILES string of the molecule is CC(C)Oc1c(Br)cc(/C=C2\N=C(c3ccccc3F)OC2=O)cc1Br. The van der Waals surface area contributed by atoms with Crippen LogP contribution in [0, 0.1) is 5.82 Å². The molecule has 0 radical (unpaired) electrons. The molecule has 1 heterocycles. The van der Waals surface area contributed by atoms with Gasteiger partial charge in [-0.3, -0.25) is 0 Å². The Morgan fingerprint density at radius 3 is 2.46 bits per heavy atom. The van der Waals surface area contributed by atoms with Crippen LogP contribution >= 0.6 is 31.9 Å². The Balaban J connectivity index is 1.95. The Bertz CT molecular complexity index is 915. The maximum absolute atomic E-state index is 13.9. The average molecular weight is 483 g/mol. The zero-order chi connectivity index (χ0) is 18.8. The van der Waals surface area contributed by atoms with E-state index in [2.05, 4.69) is 36.9 Å². The Kier molecular flexibility index (Phi) is 5.58. The van der Waals surface area contributed by atoms with Crippen molar-refractivity contribution in [1.82, 2.24) is 0 Å². The lowest BCUT2D eigenvalue weighted by Crippen LogP contribution is -2.07. The molecule has 1 aliphatic rings. The van der Waals surface area contributed by atoms with Crippen molar-refractivity contribution in [3.8, 4) is 5.75 Å². The van der Waals surface area contributed by atoms with Gasteiger partial charge < -0.3 is 9.47 Å². The topological polar surface area (TPSA) is 47.9 Å². The zero-order valence-electron chi connectivity index (χ0n) is 13.9. The van der Waals surface area contributed by atoms with Crippen LogP contribution in [-0.2, 0) is 9.53 Å². The van der Waals surface area contributed by atoms with Crippen molar-refractivity contribution in [2.45, 2.75) is 20.0 Å². The summed E-state index contributed by atoms with van der Waals surface area (Å²) < 4.78 is 26.2. The highest BCUT2D eigenvalue weighted by molar-refractivity contribution is 9.11. The van der Waals surface area contributed by atoms with Crippen molar-refractivity contribution < 1.29 is 18.7 Å². The first-order valence-electron chi connectivity index (χ1n) is 7.78. The van der Waals surface area contributed by atoms with E-state index in [0.717, 1.165) is 8.95 Å². The first-order chi connectivity index (χ1) is 12.3. The Morgan fingerprint density at radius 2 is 1.85 bits per heavy atom. The Hall–Kier alpha value is -1.99. The van der Waals surface area contributed by atoms with E-state index in [1.165, 1.54) is 12.1 Å². The molecule has 0 unspecified atom stereocenters. The van der Waals surface area contributed by atoms with Gasteiger partial charge in [0.15, 0.2) is 5.70 Å². The molecule has 0 bridgehead atoms. The molecule has 0 saturated carbocycles. The molecule has 0 spiro atoms. The number of cyclic esters (lactones) is 1. The largest absolute Gasteiger partial charge is 0.489 e. The van der Waals surface area contributed by atoms with Crippen molar-refractivity contribution in [1.29, 1.82) is 0 Å². The summed E-state index contributed by atoms with van der Waals surface area (Å²) >= 11 is 6.93. The number of rotatable bonds is 4. The fourth-order valence-electron chi connectivity index (χ4n) is 2.33. The first-order valence-corrected chi connectivity index (χ1v) is 9.37. The van der Waals surface area contributed by atoms with Gasteiger partial charge in [0, 0.05) is 0 Å². The van der Waals surface area contributed by atoms with Crippen LogP contribution in [0.1, 0.15) is 25.0 Å². The molecule has 7 heteroatoms. The summed E-state index contributed by atoms with van der Waals surface area (Å²) in [6.45, 7) is 3.87. The van der Waals surface area contributed by atoms with Crippen LogP contribution in [0.4, 0.5) is 4.39 Å². The molecule has 0 fully saturated rings. The van der Waals surface area contributed by atoms with Gasteiger partial charge in [-0.05, 0) is 81.6 Å². The summed E-state index contributed by atoms with van der Waals surface area (Å²) in [5, 5.41) is 0. The van der Waals surface area contributed by atoms with Gasteiger partial charge in [0.25, 0.3) is 0 Å². The number of halogens is 3. The van der Waals surface area contributed by atoms with Gasteiger partial charge in [0.1, 0.15) is 11.6 Å². The van der Waals surface area contributed by atoms with Gasteiger partial charge in [-0.15, -0.1) is 0 Å². The second kappa shape index (κ2) is 7.72. The molecule has 4 nitrogen and oxygen atoms in total. The van der Waals surface area contributed by atoms with E-state index in [0.29, 0.717) is 11.3 Å². The third-order valence-electron chi connectivity index (χ3n) is 3.40. The monoisotopic (exact) mass is 481 g/mol. The smallest absolute Gasteiger partial charge is 0.363 e. The van der Waals surface area contributed by atoms with E-state index in [1.807, 2.05) is 13.8 Å². The van der Waals surface area contributed by atoms with Crippen molar-refractivity contribution in [2.24, 2.45) is 4.99 Å². The molecule has 2 aromatic rings. The minimum absolute atomic E-state index is 0.0181. The van der Waals surface area contributed by atoms with Crippen molar-refractivity contribution in [3.05, 3.63) is 68.0 Å². The van der Waals surface area contributed by atoms with Crippen molar-refractivity contribution in [3.63, 3.8) is 0 Å². The van der Waals surface area contributed by atoms with Gasteiger partial charge >= 0.3 is 5.97 Å². The number of aliphatic imine (C=N–C) groups is 1. The maximum Gasteiger partial charge on any atom is 0.363 e. The fraction of sp³-hybridized carbons (Fsp3) is 0.158. The van der Waals surface area contributed by atoms with Gasteiger partial charge in [-0.25, -0.2) is 14.2 Å². The standard InChI is InChI=1S/C19H14Br2FNO3/c1-10(2)25-17-13(20)7-11(8-14(17)21)9-16-19(24)26-18(23-16)12-5-3-4-6-15(12)22/h3-10H,1-2H3/b16-9-. The maximum atomic E-state index is 13.9. The molecule has 0 saturated heterocycles. The van der Waals surface area contributed by atoms with E-state index in [1.54, 1.807) is 30.3 Å². The highest BCUT2D eigenvalue weighted by Gasteiger charge is 2.26. The summed E-state index contributed by atoms with van der Waals surface area (Å²) in [6.07, 6.45) is 1.59. The van der Waals surface area contributed by atoms with E-state index in [-0.39, 0.29) is 23.3 Å². The lowest BCUT2D eigenvalue weighted by Gasteiger charge is -2.14. The Morgan fingerprint density at radius 1 is 1.19 bits per heavy atom. The molecule has 26 heavy (non-hydrogen) atoms. The highest BCUT2D eigenvalue weighted by atomic mass is 79.9. The van der Waals surface area contributed by atoms with E-state index in [4.69, 9.17) is 9.47 Å². The van der Waals surface area contributed by atoms with Crippen LogP contribution in [-0.4, -0.2) is 18.0 Å². The zero-order valence-corrected chi connectivity index (χ0v) is 17.1. The quantitative estimate of drug-likeness (QED) is 0.428. The van der Waals surface area contributed by atoms with Crippen LogP contribution in [0.2, 0.25) is 0 Å². The normalized spacial score (nSPS) is 15.4. The second-order valence-corrected chi connectivity index (χ2v) is 7.50. The highest BCUT2D eigenvalue weighted by Crippen LogP contribution is 2.36. The summed E-state index contributed by atoms with van der Waals surface area (Å²) in [6, 6.07) is 9.62. The number of hydrogen-bond donors (Lipinski definition) is 0. The van der Waals surface area contributed by atoms with Crippen LogP contribution in [0.15, 0.2) is 56.0 Å². The number of benzene rings is 2. The van der Waals surface area contributed by atoms with E-state index < -0.39 is 11.8 Å². The lowest BCUT2D eigenvalue weighted by atomic mass is 10.2. The molecule has 2 aromatic carbocycles. The fourth-order valence-corrected chi connectivity index (χ4v) is 3.74. The third kappa shape index (κ3) is 4.04. The number of carbonyl (C=O) groups is 1. The van der Waals surface area contributed by atoms with Crippen LogP contribution in [0.3, 0.4) is 0 Å². The number of esters is 1. The predicted octanol–water partition coefficient (Wildman–Crippen LogP) is 5.48. The minimum atomic E-state index is -0.627. The summed E-state index contributed by atoms with van der Waals surface area (Å²) in [4.78, 5) is 16.2. The van der Waals surface area contributed by atoms with Gasteiger partial charge in [0.05, 0.1) is 20.6 Å². The Labute approximate surface area is 167 Å². The molecule has 0 aromatic heterocycles.